The zero-order valence-corrected chi connectivity index (χ0v) is 15.2. The van der Waals surface area contributed by atoms with Gasteiger partial charge in [-0.25, -0.2) is 0 Å². The first kappa shape index (κ1) is 19.6. The molecule has 2 N–H and O–H groups in total. The second kappa shape index (κ2) is 8.59. The van der Waals surface area contributed by atoms with Gasteiger partial charge in [0.05, 0.1) is 12.5 Å². The number of aliphatic hydroxyl groups excluding tert-OH is 1. The standard InChI is InChI=1S/C20H29NO4/c1-3-4-13-21(2)19(24)17-7-5-6-12-20(17,25)18(23)16-10-8-15(14-22)9-11-16/h8-11,17,22,25H,3-7,12-14H2,1-2H3. The Kier molecular flexibility index (Phi) is 6.73. The average Bonchev–Trinajstić information content (AvgIpc) is 2.65. The van der Waals surface area contributed by atoms with E-state index in [0.717, 1.165) is 25.7 Å². The fourth-order valence-corrected chi connectivity index (χ4v) is 3.54. The molecule has 1 aliphatic carbocycles. The minimum Gasteiger partial charge on any atom is -0.392 e. The summed E-state index contributed by atoms with van der Waals surface area (Å²) >= 11 is 0. The number of nitrogens with zero attached hydrogens (tertiary/aromatic N) is 1. The molecule has 0 bridgehead atoms. The molecule has 0 aliphatic heterocycles. The third kappa shape index (κ3) is 4.28. The van der Waals surface area contributed by atoms with Crippen molar-refractivity contribution in [3.63, 3.8) is 0 Å². The molecule has 25 heavy (non-hydrogen) atoms. The van der Waals surface area contributed by atoms with Crippen LogP contribution in [0.15, 0.2) is 24.3 Å². The van der Waals surface area contributed by atoms with Gasteiger partial charge in [-0.2, -0.15) is 0 Å². The van der Waals surface area contributed by atoms with E-state index in [9.17, 15) is 14.7 Å². The first-order valence-electron chi connectivity index (χ1n) is 9.16. The van der Waals surface area contributed by atoms with E-state index in [1.165, 1.54) is 0 Å². The third-order valence-corrected chi connectivity index (χ3v) is 5.19. The van der Waals surface area contributed by atoms with E-state index in [1.54, 1.807) is 36.2 Å². The molecule has 0 aromatic heterocycles. The molecule has 0 saturated heterocycles. The largest absolute Gasteiger partial charge is 0.392 e. The van der Waals surface area contributed by atoms with Crippen molar-refractivity contribution in [1.29, 1.82) is 0 Å². The van der Waals surface area contributed by atoms with Crippen molar-refractivity contribution in [3.8, 4) is 0 Å². The molecule has 2 unspecified atom stereocenters. The van der Waals surface area contributed by atoms with Gasteiger partial charge in [-0.05, 0) is 24.8 Å². The van der Waals surface area contributed by atoms with Gasteiger partial charge in [-0.3, -0.25) is 9.59 Å². The van der Waals surface area contributed by atoms with Crippen LogP contribution in [0.2, 0.25) is 0 Å². The normalized spacial score (nSPS) is 23.3. The quantitative estimate of drug-likeness (QED) is 0.743. The number of hydrogen-bond donors (Lipinski definition) is 2. The maximum atomic E-state index is 13.0. The van der Waals surface area contributed by atoms with E-state index < -0.39 is 11.5 Å². The van der Waals surface area contributed by atoms with Crippen LogP contribution in [0.4, 0.5) is 0 Å². The highest BCUT2D eigenvalue weighted by Gasteiger charge is 2.49. The summed E-state index contributed by atoms with van der Waals surface area (Å²) < 4.78 is 0. The maximum absolute atomic E-state index is 13.0. The number of Topliss-reactive ketones (excluding diaryl/α,β-unsaturated/α-hetero) is 1. The molecule has 1 aliphatic rings. The Morgan fingerprint density at radius 2 is 1.92 bits per heavy atom. The molecule has 5 nitrogen and oxygen atoms in total. The topological polar surface area (TPSA) is 77.8 Å². The van der Waals surface area contributed by atoms with Crippen molar-refractivity contribution in [2.24, 2.45) is 5.92 Å². The molecular weight excluding hydrogens is 318 g/mol. The Morgan fingerprint density at radius 3 is 2.52 bits per heavy atom. The molecule has 1 saturated carbocycles. The molecule has 0 spiro atoms. The number of aliphatic hydroxyl groups is 2. The highest BCUT2D eigenvalue weighted by atomic mass is 16.3. The summed E-state index contributed by atoms with van der Waals surface area (Å²) in [6, 6.07) is 6.57. The lowest BCUT2D eigenvalue weighted by Crippen LogP contribution is -2.54. The van der Waals surface area contributed by atoms with Crippen LogP contribution in [-0.2, 0) is 11.4 Å². The Hall–Kier alpha value is -1.72. The first-order valence-corrected chi connectivity index (χ1v) is 9.16. The molecule has 1 aromatic rings. The van der Waals surface area contributed by atoms with Crippen LogP contribution in [0.5, 0.6) is 0 Å². The first-order chi connectivity index (χ1) is 11.9. The van der Waals surface area contributed by atoms with E-state index in [4.69, 9.17) is 5.11 Å². The summed E-state index contributed by atoms with van der Waals surface area (Å²) in [7, 11) is 1.74. The number of carbonyl (C=O) groups excluding carboxylic acids is 2. The molecule has 1 fully saturated rings. The summed E-state index contributed by atoms with van der Waals surface area (Å²) in [5.74, 6) is -1.22. The average molecular weight is 347 g/mol. The van der Waals surface area contributed by atoms with Crippen LogP contribution in [0, 0.1) is 5.92 Å². The van der Waals surface area contributed by atoms with Gasteiger partial charge in [-0.1, -0.05) is 50.5 Å². The van der Waals surface area contributed by atoms with Crippen LogP contribution in [0.1, 0.15) is 61.4 Å². The van der Waals surface area contributed by atoms with E-state index in [0.29, 0.717) is 30.5 Å². The molecule has 0 radical (unpaired) electrons. The summed E-state index contributed by atoms with van der Waals surface area (Å²) in [6.07, 6.45) is 4.32. The lowest BCUT2D eigenvalue weighted by atomic mass is 9.70. The van der Waals surface area contributed by atoms with Crippen molar-refractivity contribution in [3.05, 3.63) is 35.4 Å². The van der Waals surface area contributed by atoms with Crippen molar-refractivity contribution in [1.82, 2.24) is 4.90 Å². The third-order valence-electron chi connectivity index (χ3n) is 5.19. The Labute approximate surface area is 149 Å². The highest BCUT2D eigenvalue weighted by molar-refractivity contribution is 6.05. The van der Waals surface area contributed by atoms with Gasteiger partial charge in [-0.15, -0.1) is 0 Å². The fraction of sp³-hybridized carbons (Fsp3) is 0.600. The SMILES string of the molecule is CCCCN(C)C(=O)C1CCCCC1(O)C(=O)c1ccc(CO)cc1. The Bertz CT molecular complexity index is 598. The predicted octanol–water partition coefficient (Wildman–Crippen LogP) is 2.54. The lowest BCUT2D eigenvalue weighted by Gasteiger charge is -2.39. The summed E-state index contributed by atoms with van der Waals surface area (Å²) in [5.41, 5.74) is -0.550. The predicted molar refractivity (Wildman–Crippen MR) is 96.1 cm³/mol. The van der Waals surface area contributed by atoms with Gasteiger partial charge in [0, 0.05) is 19.2 Å². The van der Waals surface area contributed by atoms with Crippen molar-refractivity contribution < 1.29 is 19.8 Å². The van der Waals surface area contributed by atoms with Crippen LogP contribution >= 0.6 is 0 Å². The summed E-state index contributed by atoms with van der Waals surface area (Å²) in [6.45, 7) is 2.61. The van der Waals surface area contributed by atoms with Crippen LogP contribution < -0.4 is 0 Å². The van der Waals surface area contributed by atoms with Gasteiger partial charge in [0.2, 0.25) is 5.91 Å². The molecule has 2 rings (SSSR count). The van der Waals surface area contributed by atoms with Crippen molar-refractivity contribution >= 4 is 11.7 Å². The molecule has 5 heteroatoms. The zero-order chi connectivity index (χ0) is 18.4. The number of unbranched alkanes of at least 4 members (excludes halogenated alkanes) is 1. The monoisotopic (exact) mass is 347 g/mol. The number of carbonyl (C=O) groups is 2. The highest BCUT2D eigenvalue weighted by Crippen LogP contribution is 2.37. The number of amides is 1. The van der Waals surface area contributed by atoms with E-state index in [-0.39, 0.29) is 18.3 Å². The Balaban J connectivity index is 2.23. The molecule has 138 valence electrons. The van der Waals surface area contributed by atoms with Crippen molar-refractivity contribution in [2.75, 3.05) is 13.6 Å². The van der Waals surface area contributed by atoms with E-state index in [2.05, 4.69) is 6.92 Å². The summed E-state index contributed by atoms with van der Waals surface area (Å²) in [4.78, 5) is 27.5. The van der Waals surface area contributed by atoms with Crippen LogP contribution in [-0.4, -0.2) is 46.0 Å². The van der Waals surface area contributed by atoms with Gasteiger partial charge in [0.15, 0.2) is 5.78 Å². The molecule has 1 amide bonds. The molecule has 2 atom stereocenters. The van der Waals surface area contributed by atoms with Crippen LogP contribution in [0.3, 0.4) is 0 Å². The number of rotatable bonds is 7. The van der Waals surface area contributed by atoms with Gasteiger partial charge < -0.3 is 15.1 Å². The molecule has 1 aromatic carbocycles. The van der Waals surface area contributed by atoms with Gasteiger partial charge in [0.1, 0.15) is 5.60 Å². The van der Waals surface area contributed by atoms with Gasteiger partial charge >= 0.3 is 0 Å². The Morgan fingerprint density at radius 1 is 1.24 bits per heavy atom. The smallest absolute Gasteiger partial charge is 0.228 e. The number of ketones is 1. The maximum Gasteiger partial charge on any atom is 0.228 e. The minimum absolute atomic E-state index is 0.0952. The second-order valence-electron chi connectivity index (χ2n) is 7.02. The zero-order valence-electron chi connectivity index (χ0n) is 15.2. The second-order valence-corrected chi connectivity index (χ2v) is 7.02. The van der Waals surface area contributed by atoms with Gasteiger partial charge in [0.25, 0.3) is 0 Å². The molecular formula is C20H29NO4. The number of benzene rings is 1. The fourth-order valence-electron chi connectivity index (χ4n) is 3.54. The van der Waals surface area contributed by atoms with E-state index >= 15 is 0 Å². The van der Waals surface area contributed by atoms with Crippen molar-refractivity contribution in [2.45, 2.75) is 57.7 Å². The van der Waals surface area contributed by atoms with E-state index in [1.807, 2.05) is 0 Å². The lowest BCUT2D eigenvalue weighted by molar-refractivity contribution is -0.144. The minimum atomic E-state index is -1.64. The summed E-state index contributed by atoms with van der Waals surface area (Å²) in [5, 5.41) is 20.3. The van der Waals surface area contributed by atoms with Crippen LogP contribution in [0.25, 0.3) is 0 Å². The number of hydrogen-bond acceptors (Lipinski definition) is 4. The molecule has 0 heterocycles.